The Bertz CT molecular complexity index is 629. The third-order valence-corrected chi connectivity index (χ3v) is 3.69. The van der Waals surface area contributed by atoms with Crippen LogP contribution in [0.3, 0.4) is 0 Å². The number of benzene rings is 1. The van der Waals surface area contributed by atoms with E-state index in [-0.39, 0.29) is 12.0 Å². The summed E-state index contributed by atoms with van der Waals surface area (Å²) < 4.78 is 48.8. The van der Waals surface area contributed by atoms with Crippen LogP contribution in [-0.2, 0) is 30.8 Å². The molecule has 0 spiro atoms. The van der Waals surface area contributed by atoms with Crippen LogP contribution < -0.4 is 11.1 Å². The second kappa shape index (κ2) is 6.78. The number of ether oxygens (including phenoxy) is 2. The van der Waals surface area contributed by atoms with Crippen molar-refractivity contribution >= 4 is 11.8 Å². The lowest BCUT2D eigenvalue weighted by Crippen LogP contribution is -2.53. The van der Waals surface area contributed by atoms with Gasteiger partial charge < -0.3 is 20.5 Å². The molecule has 1 aromatic rings. The van der Waals surface area contributed by atoms with Gasteiger partial charge in [0.2, 0.25) is 11.8 Å². The van der Waals surface area contributed by atoms with Crippen molar-refractivity contribution in [1.29, 1.82) is 0 Å². The SMILES string of the molecule is CC(NC(=O)CC1OCCO1)(C(N)=O)c1cccc(C(F)(F)F)c1. The first-order chi connectivity index (χ1) is 11.1. The summed E-state index contributed by atoms with van der Waals surface area (Å²) in [4.78, 5) is 23.9. The number of hydrogen-bond donors (Lipinski definition) is 2. The fourth-order valence-electron chi connectivity index (χ4n) is 2.29. The molecule has 2 amide bonds. The first-order valence-electron chi connectivity index (χ1n) is 7.15. The predicted molar refractivity (Wildman–Crippen MR) is 76.4 cm³/mol. The summed E-state index contributed by atoms with van der Waals surface area (Å²) in [6, 6.07) is 4.10. The van der Waals surface area contributed by atoms with E-state index < -0.39 is 35.4 Å². The van der Waals surface area contributed by atoms with Crippen LogP contribution >= 0.6 is 0 Å². The average molecular weight is 346 g/mol. The molecule has 0 aliphatic carbocycles. The van der Waals surface area contributed by atoms with Crippen LogP contribution in [0.5, 0.6) is 0 Å². The van der Waals surface area contributed by atoms with Crippen LogP contribution in [0.1, 0.15) is 24.5 Å². The molecule has 9 heteroatoms. The molecule has 1 saturated heterocycles. The van der Waals surface area contributed by atoms with Crippen LogP contribution in [0.25, 0.3) is 0 Å². The van der Waals surface area contributed by atoms with Crippen molar-refractivity contribution < 1.29 is 32.2 Å². The Morgan fingerprint density at radius 3 is 2.38 bits per heavy atom. The van der Waals surface area contributed by atoms with Gasteiger partial charge in [-0.15, -0.1) is 0 Å². The zero-order valence-corrected chi connectivity index (χ0v) is 12.9. The predicted octanol–water partition coefficient (Wildman–Crippen LogP) is 1.29. The largest absolute Gasteiger partial charge is 0.416 e. The van der Waals surface area contributed by atoms with Gasteiger partial charge in [0.1, 0.15) is 5.54 Å². The van der Waals surface area contributed by atoms with Crippen molar-refractivity contribution in [1.82, 2.24) is 5.32 Å². The Morgan fingerprint density at radius 2 is 1.83 bits per heavy atom. The number of nitrogens with one attached hydrogen (secondary N) is 1. The molecule has 2 rings (SSSR count). The molecule has 24 heavy (non-hydrogen) atoms. The Morgan fingerprint density at radius 1 is 1.25 bits per heavy atom. The fraction of sp³-hybridized carbons (Fsp3) is 0.467. The lowest BCUT2D eigenvalue weighted by Gasteiger charge is -2.29. The molecule has 1 unspecified atom stereocenters. The van der Waals surface area contributed by atoms with Crippen molar-refractivity contribution in [2.75, 3.05) is 13.2 Å². The molecule has 1 fully saturated rings. The summed E-state index contributed by atoms with van der Waals surface area (Å²) in [7, 11) is 0. The van der Waals surface area contributed by atoms with E-state index in [1.54, 1.807) is 0 Å². The smallest absolute Gasteiger partial charge is 0.367 e. The van der Waals surface area contributed by atoms with Gasteiger partial charge in [-0.25, -0.2) is 0 Å². The van der Waals surface area contributed by atoms with E-state index >= 15 is 0 Å². The standard InChI is InChI=1S/C15H17F3N2O4/c1-14(13(19)22,20-11(21)8-12-23-5-6-24-12)9-3-2-4-10(7-9)15(16,17)18/h2-4,7,12H,5-6,8H2,1H3,(H2,19,22)(H,20,21). The van der Waals surface area contributed by atoms with Crippen molar-refractivity contribution in [3.63, 3.8) is 0 Å². The molecular weight excluding hydrogens is 329 g/mol. The topological polar surface area (TPSA) is 90.7 Å². The summed E-state index contributed by atoms with van der Waals surface area (Å²) in [6.45, 7) is 1.94. The van der Waals surface area contributed by atoms with Gasteiger partial charge in [-0.2, -0.15) is 13.2 Å². The summed E-state index contributed by atoms with van der Waals surface area (Å²) in [5.41, 5.74) is 2.52. The number of carbonyl (C=O) groups excluding carboxylic acids is 2. The average Bonchev–Trinajstić information content (AvgIpc) is 2.98. The van der Waals surface area contributed by atoms with Crippen LogP contribution in [-0.4, -0.2) is 31.3 Å². The first-order valence-corrected chi connectivity index (χ1v) is 7.15. The van der Waals surface area contributed by atoms with E-state index in [9.17, 15) is 22.8 Å². The van der Waals surface area contributed by atoms with E-state index in [0.29, 0.717) is 13.2 Å². The van der Waals surface area contributed by atoms with Gasteiger partial charge in [0, 0.05) is 0 Å². The van der Waals surface area contributed by atoms with Gasteiger partial charge in [-0.05, 0) is 24.6 Å². The molecule has 1 atom stereocenters. The Balaban J connectivity index is 2.23. The number of primary amides is 1. The maximum Gasteiger partial charge on any atom is 0.416 e. The second-order valence-corrected chi connectivity index (χ2v) is 5.49. The molecule has 0 radical (unpaired) electrons. The number of nitrogens with two attached hydrogens (primary N) is 1. The fourth-order valence-corrected chi connectivity index (χ4v) is 2.29. The van der Waals surface area contributed by atoms with Crippen LogP contribution in [0.15, 0.2) is 24.3 Å². The van der Waals surface area contributed by atoms with Gasteiger partial charge in [0.05, 0.1) is 25.2 Å². The third-order valence-electron chi connectivity index (χ3n) is 3.69. The molecule has 1 heterocycles. The number of hydrogen-bond acceptors (Lipinski definition) is 4. The Labute approximate surface area is 136 Å². The van der Waals surface area contributed by atoms with Gasteiger partial charge >= 0.3 is 6.18 Å². The van der Waals surface area contributed by atoms with Crippen LogP contribution in [0, 0.1) is 0 Å². The molecule has 1 aliphatic heterocycles. The second-order valence-electron chi connectivity index (χ2n) is 5.49. The lowest BCUT2D eigenvalue weighted by molar-refractivity contribution is -0.138. The third kappa shape index (κ3) is 4.04. The minimum atomic E-state index is -4.58. The van der Waals surface area contributed by atoms with Crippen molar-refractivity contribution in [2.45, 2.75) is 31.3 Å². The number of carbonyl (C=O) groups is 2. The van der Waals surface area contributed by atoms with Gasteiger partial charge in [-0.3, -0.25) is 9.59 Å². The molecule has 6 nitrogen and oxygen atoms in total. The quantitative estimate of drug-likeness (QED) is 0.840. The normalized spacial score (nSPS) is 18.2. The van der Waals surface area contributed by atoms with E-state index in [1.807, 2.05) is 0 Å². The highest BCUT2D eigenvalue weighted by atomic mass is 19.4. The molecule has 0 bridgehead atoms. The molecular formula is C15H17F3N2O4. The molecule has 1 aromatic carbocycles. The summed E-state index contributed by atoms with van der Waals surface area (Å²) in [5, 5.41) is 2.37. The number of amides is 2. The molecule has 1 aliphatic rings. The van der Waals surface area contributed by atoms with Gasteiger partial charge in [0.25, 0.3) is 0 Å². The maximum absolute atomic E-state index is 12.9. The summed E-state index contributed by atoms with van der Waals surface area (Å²) >= 11 is 0. The van der Waals surface area contributed by atoms with E-state index in [1.165, 1.54) is 13.0 Å². The lowest BCUT2D eigenvalue weighted by atomic mass is 9.89. The maximum atomic E-state index is 12.9. The highest BCUT2D eigenvalue weighted by Crippen LogP contribution is 2.32. The Kier molecular flexibility index (Phi) is 5.14. The molecule has 132 valence electrons. The van der Waals surface area contributed by atoms with Crippen molar-refractivity contribution in [3.8, 4) is 0 Å². The molecule has 0 saturated carbocycles. The van der Waals surface area contributed by atoms with E-state index in [4.69, 9.17) is 15.2 Å². The van der Waals surface area contributed by atoms with Gasteiger partial charge in [-0.1, -0.05) is 12.1 Å². The van der Waals surface area contributed by atoms with Crippen LogP contribution in [0.2, 0.25) is 0 Å². The zero-order valence-electron chi connectivity index (χ0n) is 12.9. The highest BCUT2D eigenvalue weighted by Gasteiger charge is 2.38. The highest BCUT2D eigenvalue weighted by molar-refractivity contribution is 5.91. The van der Waals surface area contributed by atoms with Crippen LogP contribution in [0.4, 0.5) is 13.2 Å². The first kappa shape index (κ1) is 18.2. The monoisotopic (exact) mass is 346 g/mol. The number of rotatable bonds is 5. The number of alkyl halides is 3. The number of halogens is 3. The van der Waals surface area contributed by atoms with E-state index in [0.717, 1.165) is 18.2 Å². The van der Waals surface area contributed by atoms with Crippen molar-refractivity contribution in [2.24, 2.45) is 5.73 Å². The Hall–Kier alpha value is -2.13. The van der Waals surface area contributed by atoms with E-state index in [2.05, 4.69) is 5.32 Å². The minimum absolute atomic E-state index is 0.0635. The molecule has 3 N–H and O–H groups in total. The minimum Gasteiger partial charge on any atom is -0.367 e. The summed E-state index contributed by atoms with van der Waals surface area (Å²) in [6.07, 6.45) is -5.52. The van der Waals surface area contributed by atoms with Crippen molar-refractivity contribution in [3.05, 3.63) is 35.4 Å². The zero-order chi connectivity index (χ0) is 18.0. The summed E-state index contributed by atoms with van der Waals surface area (Å²) in [5.74, 6) is -1.61. The molecule has 0 aromatic heterocycles. The van der Waals surface area contributed by atoms with Gasteiger partial charge in [0.15, 0.2) is 6.29 Å².